The van der Waals surface area contributed by atoms with Gasteiger partial charge < -0.3 is 10.1 Å². The van der Waals surface area contributed by atoms with E-state index in [-0.39, 0.29) is 12.6 Å². The van der Waals surface area contributed by atoms with Crippen LogP contribution in [0.3, 0.4) is 0 Å². The average Bonchev–Trinajstić information content (AvgIpc) is 3.01. The predicted molar refractivity (Wildman–Crippen MR) is 89.5 cm³/mol. The van der Waals surface area contributed by atoms with Gasteiger partial charge in [-0.05, 0) is 11.3 Å². The van der Waals surface area contributed by atoms with Gasteiger partial charge >= 0.3 is 13.6 Å². The van der Waals surface area contributed by atoms with Crippen molar-refractivity contribution in [2.24, 2.45) is 7.05 Å². The van der Waals surface area contributed by atoms with E-state index < -0.39 is 12.6 Å². The van der Waals surface area contributed by atoms with Gasteiger partial charge in [0.1, 0.15) is 18.5 Å². The number of hydrogen-bond acceptors (Lipinski definition) is 5. The number of aromatic nitrogens is 2. The highest BCUT2D eigenvalue weighted by molar-refractivity contribution is 9.09. The molecule has 0 spiro atoms. The highest BCUT2D eigenvalue weighted by Crippen LogP contribution is 2.58. The maximum absolute atomic E-state index is 13.3. The highest BCUT2D eigenvalue weighted by atomic mass is 79.9. The quantitative estimate of drug-likeness (QED) is 0.281. The summed E-state index contributed by atoms with van der Waals surface area (Å²) in [5.74, 6) is -0.254. The van der Waals surface area contributed by atoms with Crippen LogP contribution in [-0.2, 0) is 22.7 Å². The zero-order valence-corrected chi connectivity index (χ0v) is 15.7. The van der Waals surface area contributed by atoms with Crippen LogP contribution in [0, 0.1) is 10.1 Å². The fourth-order valence-electron chi connectivity index (χ4n) is 2.55. The standard InChI is InChI=1S/C12H21BrN5O4P/c1-3-5-16-7-8-17(6-4-13)23(16,21)22-10-11-9-14-12(15(11)2)18(19)20/h9H,3-8,10H2,1-2H3. The minimum Gasteiger partial charge on any atom is -0.390 e. The van der Waals surface area contributed by atoms with Crippen molar-refractivity contribution in [3.63, 3.8) is 0 Å². The molecule has 1 fully saturated rings. The van der Waals surface area contributed by atoms with Crippen LogP contribution in [0.2, 0.25) is 0 Å². The van der Waals surface area contributed by atoms with E-state index in [1.54, 1.807) is 7.05 Å². The summed E-state index contributed by atoms with van der Waals surface area (Å²) in [6.07, 6.45) is 2.27. The van der Waals surface area contributed by atoms with E-state index in [0.717, 1.165) is 6.42 Å². The molecular formula is C12H21BrN5O4P. The summed E-state index contributed by atoms with van der Waals surface area (Å²) in [5.41, 5.74) is 0.522. The Hall–Kier alpha value is -0.800. The van der Waals surface area contributed by atoms with Gasteiger partial charge in [-0.25, -0.2) is 13.9 Å². The third kappa shape index (κ3) is 3.83. The molecule has 11 heteroatoms. The average molecular weight is 410 g/mol. The Bertz CT molecular complexity index is 592. The molecule has 1 aliphatic rings. The van der Waals surface area contributed by atoms with E-state index in [1.807, 2.05) is 16.3 Å². The van der Waals surface area contributed by atoms with Crippen molar-refractivity contribution in [2.75, 3.05) is 31.5 Å². The Morgan fingerprint density at radius 3 is 2.61 bits per heavy atom. The molecule has 0 saturated carbocycles. The molecule has 1 atom stereocenters. The monoisotopic (exact) mass is 409 g/mol. The molecule has 2 rings (SSSR count). The van der Waals surface area contributed by atoms with Crippen LogP contribution in [-0.4, -0.2) is 55.3 Å². The number of hydrogen-bond donors (Lipinski definition) is 0. The Kier molecular flexibility index (Phi) is 6.33. The van der Waals surface area contributed by atoms with E-state index in [1.165, 1.54) is 10.8 Å². The molecular weight excluding hydrogens is 389 g/mol. The van der Waals surface area contributed by atoms with Crippen molar-refractivity contribution in [3.8, 4) is 0 Å². The van der Waals surface area contributed by atoms with Crippen molar-refractivity contribution < 1.29 is 14.0 Å². The molecule has 9 nitrogen and oxygen atoms in total. The van der Waals surface area contributed by atoms with E-state index in [2.05, 4.69) is 20.9 Å². The Morgan fingerprint density at radius 2 is 2.09 bits per heavy atom. The molecule has 1 aromatic heterocycles. The lowest BCUT2D eigenvalue weighted by molar-refractivity contribution is -0.396. The van der Waals surface area contributed by atoms with Gasteiger partial charge in [0, 0.05) is 31.5 Å². The minimum atomic E-state index is -3.10. The van der Waals surface area contributed by atoms with Crippen molar-refractivity contribution in [3.05, 3.63) is 22.0 Å². The topological polar surface area (TPSA) is 93.7 Å². The lowest BCUT2D eigenvalue weighted by Gasteiger charge is -2.28. The molecule has 0 N–H and O–H groups in total. The largest absolute Gasteiger partial charge is 0.434 e. The van der Waals surface area contributed by atoms with Crippen molar-refractivity contribution in [1.29, 1.82) is 0 Å². The second-order valence-electron chi connectivity index (χ2n) is 5.23. The first kappa shape index (κ1) is 18.5. The Labute approximate surface area is 143 Å². The van der Waals surface area contributed by atoms with Gasteiger partial charge in [-0.15, -0.1) is 0 Å². The lowest BCUT2D eigenvalue weighted by atomic mass is 10.5. The van der Waals surface area contributed by atoms with Gasteiger partial charge in [0.15, 0.2) is 0 Å². The van der Waals surface area contributed by atoms with Gasteiger partial charge in [-0.3, -0.25) is 9.09 Å². The first-order valence-electron chi connectivity index (χ1n) is 7.40. The first-order chi connectivity index (χ1) is 10.9. The van der Waals surface area contributed by atoms with Crippen LogP contribution in [0.5, 0.6) is 0 Å². The molecule has 0 radical (unpaired) electrons. The van der Waals surface area contributed by atoms with E-state index in [9.17, 15) is 14.7 Å². The summed E-state index contributed by atoms with van der Waals surface area (Å²) in [7, 11) is -1.55. The molecule has 0 aromatic carbocycles. The molecule has 0 bridgehead atoms. The molecule has 130 valence electrons. The molecule has 1 unspecified atom stereocenters. The smallest absolute Gasteiger partial charge is 0.390 e. The van der Waals surface area contributed by atoms with Gasteiger partial charge in [0.25, 0.3) is 0 Å². The minimum absolute atomic E-state index is 0.0214. The van der Waals surface area contributed by atoms with Crippen LogP contribution >= 0.6 is 23.6 Å². The van der Waals surface area contributed by atoms with Crippen LogP contribution in [0.15, 0.2) is 6.20 Å². The summed E-state index contributed by atoms with van der Waals surface area (Å²) in [6, 6.07) is 0. The number of imidazole rings is 1. The second kappa shape index (κ2) is 7.85. The van der Waals surface area contributed by atoms with E-state index >= 15 is 0 Å². The predicted octanol–water partition coefficient (Wildman–Crippen LogP) is 2.38. The zero-order valence-electron chi connectivity index (χ0n) is 13.2. The number of nitro groups is 1. The molecule has 23 heavy (non-hydrogen) atoms. The molecule has 1 aliphatic heterocycles. The third-order valence-corrected chi connectivity index (χ3v) is 6.81. The molecule has 1 saturated heterocycles. The van der Waals surface area contributed by atoms with Gasteiger partial charge in [0.2, 0.25) is 0 Å². The molecule has 0 aliphatic carbocycles. The number of halogens is 1. The van der Waals surface area contributed by atoms with E-state index in [0.29, 0.717) is 37.2 Å². The molecule has 1 aromatic rings. The number of alkyl halides is 1. The van der Waals surface area contributed by atoms with Crippen LogP contribution < -0.4 is 0 Å². The Balaban J connectivity index is 2.14. The fourth-order valence-corrected chi connectivity index (χ4v) is 5.72. The summed E-state index contributed by atoms with van der Waals surface area (Å²) in [6.45, 7) is 4.76. The highest BCUT2D eigenvalue weighted by Gasteiger charge is 2.43. The van der Waals surface area contributed by atoms with Crippen molar-refractivity contribution in [1.82, 2.24) is 18.9 Å². The van der Waals surface area contributed by atoms with Crippen LogP contribution in [0.1, 0.15) is 19.0 Å². The van der Waals surface area contributed by atoms with Crippen LogP contribution in [0.25, 0.3) is 0 Å². The summed E-state index contributed by atoms with van der Waals surface area (Å²) in [5, 5.41) is 11.5. The Morgan fingerprint density at radius 1 is 1.43 bits per heavy atom. The summed E-state index contributed by atoms with van der Waals surface area (Å²) >= 11 is 3.37. The fraction of sp³-hybridized carbons (Fsp3) is 0.750. The molecule has 0 amide bonds. The van der Waals surface area contributed by atoms with E-state index in [4.69, 9.17) is 4.52 Å². The van der Waals surface area contributed by atoms with Gasteiger partial charge in [0.05, 0.1) is 7.05 Å². The normalized spacial score (nSPS) is 22.7. The summed E-state index contributed by atoms with van der Waals surface area (Å²) in [4.78, 5) is 14.0. The molecule has 2 heterocycles. The maximum atomic E-state index is 13.3. The lowest BCUT2D eigenvalue weighted by Crippen LogP contribution is -2.23. The first-order valence-corrected chi connectivity index (χ1v) is 10.1. The van der Waals surface area contributed by atoms with Gasteiger partial charge in [-0.1, -0.05) is 27.8 Å². The zero-order chi connectivity index (χ0) is 17.0. The number of rotatable bonds is 8. The maximum Gasteiger partial charge on any atom is 0.434 e. The third-order valence-electron chi connectivity index (χ3n) is 3.76. The van der Waals surface area contributed by atoms with Crippen LogP contribution in [0.4, 0.5) is 5.95 Å². The van der Waals surface area contributed by atoms with Crippen molar-refractivity contribution >= 4 is 29.5 Å². The second-order valence-corrected chi connectivity index (χ2v) is 8.39. The number of nitrogens with zero attached hydrogens (tertiary/aromatic N) is 5. The van der Waals surface area contributed by atoms with Gasteiger partial charge in [-0.2, -0.15) is 0 Å². The van der Waals surface area contributed by atoms with Crippen molar-refractivity contribution in [2.45, 2.75) is 20.0 Å². The SMILES string of the molecule is CCCN1CCN(CCBr)P1(=O)OCc1cnc([N+](=O)[O-])n1C. The summed E-state index contributed by atoms with van der Waals surface area (Å²) < 4.78 is 24.2.